The summed E-state index contributed by atoms with van der Waals surface area (Å²) < 4.78 is 19.4. The Morgan fingerprint density at radius 3 is 2.74 bits per heavy atom. The fraction of sp³-hybridized carbons (Fsp3) is 0.250. The van der Waals surface area contributed by atoms with E-state index in [1.54, 1.807) is 12.1 Å². The zero-order chi connectivity index (χ0) is 24.1. The number of aliphatic hydroxyl groups excluding tert-OH is 1. The number of ether oxygens (including phenoxy) is 1. The van der Waals surface area contributed by atoms with E-state index in [1.807, 2.05) is 42.5 Å². The zero-order valence-electron chi connectivity index (χ0n) is 19.4. The molecule has 0 saturated carbocycles. The molecule has 176 valence electrons. The van der Waals surface area contributed by atoms with E-state index >= 15 is 0 Å². The Kier molecular flexibility index (Phi) is 7.53. The number of methoxy groups -OCH3 is 1. The minimum absolute atomic E-state index is 0.0492. The minimum atomic E-state index is -0.450. The van der Waals surface area contributed by atoms with Crippen molar-refractivity contribution in [3.63, 3.8) is 0 Å². The number of allylic oxidation sites excluding steroid dienone is 1. The summed E-state index contributed by atoms with van der Waals surface area (Å²) in [4.78, 5) is 15.7. The summed E-state index contributed by atoms with van der Waals surface area (Å²) in [7, 11) is 3.54. The lowest BCUT2D eigenvalue weighted by atomic mass is 9.91. The van der Waals surface area contributed by atoms with Gasteiger partial charge in [-0.25, -0.2) is 4.39 Å². The van der Waals surface area contributed by atoms with Gasteiger partial charge in [0.15, 0.2) is 5.78 Å². The van der Waals surface area contributed by atoms with E-state index in [9.17, 15) is 14.3 Å². The number of hydrogen-bond acceptors (Lipinski definition) is 5. The highest BCUT2D eigenvalue weighted by molar-refractivity contribution is 6.08. The third kappa shape index (κ3) is 5.25. The number of rotatable bonds is 7. The highest BCUT2D eigenvalue weighted by Gasteiger charge is 2.25. The normalized spacial score (nSPS) is 16.6. The zero-order valence-corrected chi connectivity index (χ0v) is 19.4. The Bertz CT molecular complexity index is 1210. The van der Waals surface area contributed by atoms with E-state index in [0.717, 1.165) is 41.9 Å². The average Bonchev–Trinajstić information content (AvgIpc) is 2.87. The van der Waals surface area contributed by atoms with Crippen LogP contribution in [-0.4, -0.2) is 49.6 Å². The van der Waals surface area contributed by atoms with Gasteiger partial charge in [0.2, 0.25) is 0 Å². The second kappa shape index (κ2) is 10.7. The molecule has 6 heteroatoms. The van der Waals surface area contributed by atoms with Gasteiger partial charge >= 0.3 is 0 Å². The molecule has 34 heavy (non-hydrogen) atoms. The van der Waals surface area contributed by atoms with Gasteiger partial charge in [0.1, 0.15) is 11.6 Å². The molecule has 1 heterocycles. The average molecular weight is 461 g/mol. The van der Waals surface area contributed by atoms with Crippen molar-refractivity contribution < 1.29 is 19.0 Å². The number of likely N-dealkylation sites (N-methyl/N-ethyl adjacent to an activating group) is 1. The lowest BCUT2D eigenvalue weighted by molar-refractivity contribution is 0.104. The number of halogens is 1. The third-order valence-corrected chi connectivity index (χ3v) is 6.25. The molecular formula is C28H29FN2O3. The second-order valence-corrected chi connectivity index (χ2v) is 8.45. The maximum Gasteiger partial charge on any atom is 0.186 e. The van der Waals surface area contributed by atoms with Crippen molar-refractivity contribution in [3.8, 4) is 16.9 Å². The number of nitrogens with one attached hydrogen (secondary N) is 1. The first-order chi connectivity index (χ1) is 16.5. The van der Waals surface area contributed by atoms with Crippen LogP contribution in [0.4, 0.5) is 4.39 Å². The van der Waals surface area contributed by atoms with Crippen molar-refractivity contribution in [3.05, 3.63) is 94.8 Å². The highest BCUT2D eigenvalue weighted by Crippen LogP contribution is 2.30. The van der Waals surface area contributed by atoms with Gasteiger partial charge < -0.3 is 15.2 Å². The van der Waals surface area contributed by atoms with Gasteiger partial charge in [0.05, 0.1) is 13.7 Å². The number of benzene rings is 3. The molecule has 4 rings (SSSR count). The van der Waals surface area contributed by atoms with E-state index in [-0.39, 0.29) is 18.4 Å². The van der Waals surface area contributed by atoms with E-state index in [1.165, 1.54) is 25.3 Å². The SMILES string of the molecule is COc1ccc(C=CC(=O)c2cc(-c3cccc(CO)c3)ccc2C2CNCCN2C)c(F)c1. The summed E-state index contributed by atoms with van der Waals surface area (Å²) in [5.74, 6) is -0.215. The molecule has 0 aliphatic carbocycles. The molecule has 3 aromatic carbocycles. The molecule has 0 bridgehead atoms. The van der Waals surface area contributed by atoms with Gasteiger partial charge in [0, 0.05) is 42.9 Å². The van der Waals surface area contributed by atoms with Crippen LogP contribution in [0.1, 0.15) is 33.1 Å². The highest BCUT2D eigenvalue weighted by atomic mass is 19.1. The van der Waals surface area contributed by atoms with Crippen LogP contribution in [-0.2, 0) is 6.61 Å². The molecule has 1 aliphatic rings. The fourth-order valence-electron chi connectivity index (χ4n) is 4.27. The minimum Gasteiger partial charge on any atom is -0.497 e. The first-order valence-corrected chi connectivity index (χ1v) is 11.3. The van der Waals surface area contributed by atoms with Crippen LogP contribution < -0.4 is 10.1 Å². The van der Waals surface area contributed by atoms with Crippen LogP contribution in [0.25, 0.3) is 17.2 Å². The Morgan fingerprint density at radius 2 is 2.00 bits per heavy atom. The third-order valence-electron chi connectivity index (χ3n) is 6.25. The van der Waals surface area contributed by atoms with Gasteiger partial charge in [-0.2, -0.15) is 0 Å². The predicted molar refractivity (Wildman–Crippen MR) is 132 cm³/mol. The van der Waals surface area contributed by atoms with Crippen molar-refractivity contribution in [2.45, 2.75) is 12.6 Å². The van der Waals surface area contributed by atoms with Crippen molar-refractivity contribution in [2.75, 3.05) is 33.8 Å². The molecule has 0 spiro atoms. The summed E-state index contributed by atoms with van der Waals surface area (Å²) in [6.45, 7) is 2.48. The van der Waals surface area contributed by atoms with Crippen molar-refractivity contribution in [1.82, 2.24) is 10.2 Å². The van der Waals surface area contributed by atoms with Crippen LogP contribution in [0, 0.1) is 5.82 Å². The molecule has 1 atom stereocenters. The molecule has 2 N–H and O–H groups in total. The lowest BCUT2D eigenvalue weighted by Crippen LogP contribution is -2.44. The summed E-state index contributed by atoms with van der Waals surface area (Å²) in [5, 5.41) is 12.9. The monoisotopic (exact) mass is 460 g/mol. The van der Waals surface area contributed by atoms with Gasteiger partial charge in [-0.15, -0.1) is 0 Å². The van der Waals surface area contributed by atoms with Crippen molar-refractivity contribution >= 4 is 11.9 Å². The molecule has 1 fully saturated rings. The van der Waals surface area contributed by atoms with Crippen molar-refractivity contribution in [1.29, 1.82) is 0 Å². The van der Waals surface area contributed by atoms with E-state index in [0.29, 0.717) is 16.9 Å². The van der Waals surface area contributed by atoms with Crippen molar-refractivity contribution in [2.24, 2.45) is 0 Å². The summed E-state index contributed by atoms with van der Waals surface area (Å²) in [6, 6.07) is 18.1. The van der Waals surface area contributed by atoms with Crippen LogP contribution in [0.3, 0.4) is 0 Å². The number of nitrogens with zero attached hydrogens (tertiary/aromatic N) is 1. The van der Waals surface area contributed by atoms with Gasteiger partial charge in [-0.3, -0.25) is 9.69 Å². The smallest absolute Gasteiger partial charge is 0.186 e. The predicted octanol–water partition coefficient (Wildman–Crippen LogP) is 4.47. The quantitative estimate of drug-likeness (QED) is 0.403. The molecule has 1 saturated heterocycles. The first-order valence-electron chi connectivity index (χ1n) is 11.3. The topological polar surface area (TPSA) is 61.8 Å². The molecule has 3 aromatic rings. The van der Waals surface area contributed by atoms with E-state index in [4.69, 9.17) is 4.74 Å². The molecule has 1 unspecified atom stereocenters. The molecule has 5 nitrogen and oxygen atoms in total. The van der Waals surface area contributed by atoms with Gasteiger partial charge in [-0.1, -0.05) is 30.3 Å². The summed E-state index contributed by atoms with van der Waals surface area (Å²) in [5.41, 5.74) is 4.45. The molecule has 0 aromatic heterocycles. The van der Waals surface area contributed by atoms with Crippen LogP contribution in [0.5, 0.6) is 5.75 Å². The van der Waals surface area contributed by atoms with E-state index in [2.05, 4.69) is 17.3 Å². The first kappa shape index (κ1) is 23.8. The van der Waals surface area contributed by atoms with E-state index < -0.39 is 5.82 Å². The van der Waals surface area contributed by atoms with Crippen LogP contribution >= 0.6 is 0 Å². The second-order valence-electron chi connectivity index (χ2n) is 8.45. The Labute approximate surface area is 199 Å². The van der Waals surface area contributed by atoms with Gasteiger partial charge in [-0.05, 0) is 65.7 Å². The Balaban J connectivity index is 1.73. The number of carbonyl (C=O) groups is 1. The Hall–Kier alpha value is -3.32. The number of ketones is 1. The van der Waals surface area contributed by atoms with Crippen LogP contribution in [0.2, 0.25) is 0 Å². The standard InChI is InChI=1S/C28H29FN2O3/c1-31-13-12-30-17-27(31)24-10-7-22(21-5-3-4-19(14-21)18-32)15-25(24)28(33)11-8-20-6-9-23(34-2)16-26(20)29/h3-11,14-16,27,30,32H,12-13,17-18H2,1-2H3. The number of piperazine rings is 1. The molecule has 0 radical (unpaired) electrons. The summed E-state index contributed by atoms with van der Waals surface area (Å²) in [6.07, 6.45) is 2.93. The molecular weight excluding hydrogens is 431 g/mol. The fourth-order valence-corrected chi connectivity index (χ4v) is 4.27. The van der Waals surface area contributed by atoms with Gasteiger partial charge in [0.25, 0.3) is 0 Å². The lowest BCUT2D eigenvalue weighted by Gasteiger charge is -2.34. The maximum atomic E-state index is 14.4. The largest absolute Gasteiger partial charge is 0.497 e. The molecule has 0 amide bonds. The Morgan fingerprint density at radius 1 is 1.18 bits per heavy atom. The maximum absolute atomic E-state index is 14.4. The number of hydrogen-bond donors (Lipinski definition) is 2. The van der Waals surface area contributed by atoms with Crippen LogP contribution in [0.15, 0.2) is 66.7 Å². The number of carbonyl (C=O) groups excluding carboxylic acids is 1. The number of aliphatic hydroxyl groups is 1. The summed E-state index contributed by atoms with van der Waals surface area (Å²) >= 11 is 0. The molecule has 1 aliphatic heterocycles.